The average molecular weight is 361 g/mol. The number of nitro groups is 1. The van der Waals surface area contributed by atoms with Crippen molar-refractivity contribution < 1.29 is 10.0 Å². The number of hydrogen-bond donors (Lipinski definition) is 2. The minimum atomic E-state index is -0.683. The fraction of sp³-hybridized carbons (Fsp3) is 0.357. The maximum absolute atomic E-state index is 11.0. The number of aromatic hydroxyl groups is 1. The summed E-state index contributed by atoms with van der Waals surface area (Å²) < 4.78 is 0. The zero-order valence-corrected chi connectivity index (χ0v) is 13.9. The van der Waals surface area contributed by atoms with Gasteiger partial charge < -0.3 is 10.4 Å². The van der Waals surface area contributed by atoms with E-state index in [0.717, 1.165) is 32.2 Å². The van der Waals surface area contributed by atoms with Gasteiger partial charge in [0.25, 0.3) is 0 Å². The molecule has 1 aromatic rings. The van der Waals surface area contributed by atoms with Gasteiger partial charge in [0, 0.05) is 37.8 Å². The van der Waals surface area contributed by atoms with Crippen molar-refractivity contribution in [1.82, 2.24) is 10.2 Å². The van der Waals surface area contributed by atoms with Crippen molar-refractivity contribution in [1.29, 1.82) is 5.26 Å². The standard InChI is InChI=1S/C14H16N4O3.2ClH/c1-2-12(17-5-3-16-4-6-17)11-7-10(9-15)8-13(14(11)19)18(20)21;;/h2,7-8,12,16,19H,1,3-6H2;2*1H/t12-;;/m1../s1. The van der Waals surface area contributed by atoms with Gasteiger partial charge in [-0.3, -0.25) is 15.0 Å². The fourth-order valence-electron chi connectivity index (χ4n) is 2.50. The molecule has 2 N–H and O–H groups in total. The number of nitrogens with one attached hydrogen (secondary N) is 1. The zero-order chi connectivity index (χ0) is 15.4. The minimum absolute atomic E-state index is 0. The molecule has 0 unspecified atom stereocenters. The van der Waals surface area contributed by atoms with E-state index in [0.29, 0.717) is 5.56 Å². The summed E-state index contributed by atoms with van der Waals surface area (Å²) in [6, 6.07) is 4.09. The van der Waals surface area contributed by atoms with Crippen LogP contribution in [0, 0.1) is 21.4 Å². The Morgan fingerprint density at radius 3 is 2.52 bits per heavy atom. The molecule has 2 rings (SSSR count). The fourth-order valence-corrected chi connectivity index (χ4v) is 2.50. The van der Waals surface area contributed by atoms with Crippen LogP contribution in [0.4, 0.5) is 5.69 Å². The van der Waals surface area contributed by atoms with Crippen LogP contribution in [0.2, 0.25) is 0 Å². The van der Waals surface area contributed by atoms with Crippen LogP contribution in [0.5, 0.6) is 5.75 Å². The third-order valence-electron chi connectivity index (χ3n) is 3.53. The molecule has 0 saturated carbocycles. The van der Waals surface area contributed by atoms with Crippen LogP contribution < -0.4 is 5.32 Å². The second-order valence-corrected chi connectivity index (χ2v) is 4.77. The summed E-state index contributed by atoms with van der Waals surface area (Å²) in [6.07, 6.45) is 1.63. The number of halogens is 2. The molecular weight excluding hydrogens is 343 g/mol. The van der Waals surface area contributed by atoms with E-state index in [1.807, 2.05) is 6.07 Å². The number of benzene rings is 1. The van der Waals surface area contributed by atoms with Gasteiger partial charge >= 0.3 is 5.69 Å². The molecular formula is C14H18Cl2N4O3. The third-order valence-corrected chi connectivity index (χ3v) is 3.53. The maximum Gasteiger partial charge on any atom is 0.312 e. The highest BCUT2D eigenvalue weighted by molar-refractivity contribution is 5.85. The minimum Gasteiger partial charge on any atom is -0.502 e. The highest BCUT2D eigenvalue weighted by Gasteiger charge is 2.27. The van der Waals surface area contributed by atoms with Crippen molar-refractivity contribution in [2.75, 3.05) is 26.2 Å². The first-order valence-corrected chi connectivity index (χ1v) is 6.57. The number of phenols is 1. The normalized spacial score (nSPS) is 15.4. The van der Waals surface area contributed by atoms with E-state index in [2.05, 4.69) is 16.8 Å². The predicted molar refractivity (Wildman–Crippen MR) is 91.4 cm³/mol. The van der Waals surface area contributed by atoms with Gasteiger partial charge in [-0.15, -0.1) is 31.4 Å². The molecule has 1 aromatic carbocycles. The molecule has 0 bridgehead atoms. The van der Waals surface area contributed by atoms with Crippen molar-refractivity contribution in [2.45, 2.75) is 6.04 Å². The summed E-state index contributed by atoms with van der Waals surface area (Å²) in [5, 5.41) is 33.4. The Labute approximate surface area is 146 Å². The van der Waals surface area contributed by atoms with Crippen LogP contribution in [0.15, 0.2) is 24.8 Å². The monoisotopic (exact) mass is 360 g/mol. The number of phenolic OH excluding ortho intramolecular Hbond substituents is 1. The number of nitrogens with zero attached hydrogens (tertiary/aromatic N) is 3. The van der Waals surface area contributed by atoms with Gasteiger partial charge in [0.05, 0.1) is 22.6 Å². The smallest absolute Gasteiger partial charge is 0.312 e. The average Bonchev–Trinajstić information content (AvgIpc) is 2.50. The Kier molecular flexibility index (Phi) is 8.58. The van der Waals surface area contributed by atoms with Crippen LogP contribution >= 0.6 is 24.8 Å². The molecule has 126 valence electrons. The first-order chi connectivity index (χ1) is 10.1. The molecule has 0 radical (unpaired) electrons. The molecule has 0 aliphatic carbocycles. The van der Waals surface area contributed by atoms with Crippen LogP contribution in [0.1, 0.15) is 17.2 Å². The van der Waals surface area contributed by atoms with Gasteiger partial charge in [0.1, 0.15) is 0 Å². The van der Waals surface area contributed by atoms with Crippen molar-refractivity contribution >= 4 is 30.5 Å². The van der Waals surface area contributed by atoms with E-state index in [9.17, 15) is 15.2 Å². The van der Waals surface area contributed by atoms with E-state index >= 15 is 0 Å². The SMILES string of the molecule is C=C[C@H](c1cc(C#N)cc([N+](=O)[O-])c1O)N1CCNCC1.Cl.Cl. The summed E-state index contributed by atoms with van der Waals surface area (Å²) in [5.41, 5.74) is 0.0418. The second-order valence-electron chi connectivity index (χ2n) is 4.77. The number of nitriles is 1. The Balaban J connectivity index is 0.00000242. The summed E-state index contributed by atoms with van der Waals surface area (Å²) in [5.74, 6) is -0.401. The Hall–Kier alpha value is -1.85. The number of piperazine rings is 1. The highest BCUT2D eigenvalue weighted by Crippen LogP contribution is 2.37. The summed E-state index contributed by atoms with van der Waals surface area (Å²) in [6.45, 7) is 6.82. The molecule has 7 nitrogen and oxygen atoms in total. The maximum atomic E-state index is 11.0. The van der Waals surface area contributed by atoms with E-state index in [1.165, 1.54) is 6.07 Å². The van der Waals surface area contributed by atoms with Crippen LogP contribution in [0.25, 0.3) is 0 Å². The van der Waals surface area contributed by atoms with Crippen molar-refractivity contribution in [2.24, 2.45) is 0 Å². The first kappa shape index (κ1) is 21.1. The summed E-state index contributed by atoms with van der Waals surface area (Å²) in [4.78, 5) is 12.4. The van der Waals surface area contributed by atoms with Gasteiger partial charge in [-0.05, 0) is 6.07 Å². The van der Waals surface area contributed by atoms with Crippen molar-refractivity contribution in [3.8, 4) is 11.8 Å². The molecule has 1 heterocycles. The lowest BCUT2D eigenvalue weighted by Crippen LogP contribution is -2.44. The lowest BCUT2D eigenvalue weighted by molar-refractivity contribution is -0.386. The van der Waals surface area contributed by atoms with E-state index < -0.39 is 16.4 Å². The lowest BCUT2D eigenvalue weighted by Gasteiger charge is -2.33. The third kappa shape index (κ3) is 4.56. The first-order valence-electron chi connectivity index (χ1n) is 6.57. The van der Waals surface area contributed by atoms with Crippen molar-refractivity contribution in [3.63, 3.8) is 0 Å². The summed E-state index contributed by atoms with van der Waals surface area (Å²) >= 11 is 0. The number of rotatable bonds is 4. The number of hydrogen-bond acceptors (Lipinski definition) is 6. The van der Waals surface area contributed by atoms with Crippen LogP contribution in [0.3, 0.4) is 0 Å². The highest BCUT2D eigenvalue weighted by atomic mass is 35.5. The molecule has 0 spiro atoms. The van der Waals surface area contributed by atoms with E-state index in [1.54, 1.807) is 6.08 Å². The van der Waals surface area contributed by atoms with Gasteiger partial charge in [-0.1, -0.05) is 6.08 Å². The quantitative estimate of drug-likeness (QED) is 0.484. The molecule has 0 amide bonds. The summed E-state index contributed by atoms with van der Waals surface area (Å²) in [7, 11) is 0. The lowest BCUT2D eigenvalue weighted by atomic mass is 9.99. The largest absolute Gasteiger partial charge is 0.502 e. The van der Waals surface area contributed by atoms with Gasteiger partial charge in [0.2, 0.25) is 0 Å². The van der Waals surface area contributed by atoms with E-state index in [-0.39, 0.29) is 36.4 Å². The molecule has 0 aromatic heterocycles. The van der Waals surface area contributed by atoms with Crippen molar-refractivity contribution in [3.05, 3.63) is 46.0 Å². The van der Waals surface area contributed by atoms with E-state index in [4.69, 9.17) is 5.26 Å². The van der Waals surface area contributed by atoms with Gasteiger partial charge in [-0.25, -0.2) is 0 Å². The number of nitro benzene ring substituents is 1. The Morgan fingerprint density at radius 2 is 2.04 bits per heavy atom. The molecule has 9 heteroatoms. The molecule has 23 heavy (non-hydrogen) atoms. The van der Waals surface area contributed by atoms with Gasteiger partial charge in [0.15, 0.2) is 5.75 Å². The van der Waals surface area contributed by atoms with Crippen LogP contribution in [-0.2, 0) is 0 Å². The second kappa shape index (κ2) is 9.33. The predicted octanol–water partition coefficient (Wildman–Crippen LogP) is 2.15. The Morgan fingerprint density at radius 1 is 1.43 bits per heavy atom. The molecule has 1 fully saturated rings. The molecule has 1 aliphatic heterocycles. The molecule has 1 saturated heterocycles. The Bertz CT molecular complexity index is 613. The topological polar surface area (TPSA) is 102 Å². The zero-order valence-electron chi connectivity index (χ0n) is 12.3. The van der Waals surface area contributed by atoms with Gasteiger partial charge in [-0.2, -0.15) is 5.26 Å². The molecule has 1 aliphatic rings. The van der Waals surface area contributed by atoms with Crippen LogP contribution in [-0.4, -0.2) is 41.1 Å². The molecule has 1 atom stereocenters.